The van der Waals surface area contributed by atoms with Crippen LogP contribution in [0.3, 0.4) is 0 Å². The molecule has 8 nitrogen and oxygen atoms in total. The van der Waals surface area contributed by atoms with E-state index >= 15 is 0 Å². The number of anilines is 1. The molecule has 30 heavy (non-hydrogen) atoms. The van der Waals surface area contributed by atoms with Crippen molar-refractivity contribution in [2.45, 2.75) is 55.0 Å². The van der Waals surface area contributed by atoms with Gasteiger partial charge in [0, 0.05) is 17.8 Å². The van der Waals surface area contributed by atoms with Gasteiger partial charge in [-0.2, -0.15) is 4.31 Å². The number of carboxylic acid groups (broad SMARTS) is 1. The molecule has 0 bridgehead atoms. The standard InChI is InChI=1S/C20H24N2O6S2/c1-14-4-3-5-15(2)22(14)30(27,28)19-12-8-17(9-13-19)21-29(25,26)18-10-6-16(7-11-18)20(23)24/h6-15,21H,3-5H2,1-2H3,(H,23,24). The fraction of sp³-hybridized carbons (Fsp3) is 0.350. The van der Waals surface area contributed by atoms with E-state index in [0.717, 1.165) is 19.3 Å². The molecule has 1 aliphatic heterocycles. The van der Waals surface area contributed by atoms with Crippen LogP contribution in [-0.4, -0.2) is 44.3 Å². The van der Waals surface area contributed by atoms with Crippen molar-refractivity contribution in [2.75, 3.05) is 4.72 Å². The first-order valence-corrected chi connectivity index (χ1v) is 12.4. The highest BCUT2D eigenvalue weighted by Gasteiger charge is 2.35. The van der Waals surface area contributed by atoms with Gasteiger partial charge in [0.05, 0.1) is 15.4 Å². The van der Waals surface area contributed by atoms with Gasteiger partial charge >= 0.3 is 5.97 Å². The van der Waals surface area contributed by atoms with Crippen molar-refractivity contribution in [1.82, 2.24) is 4.31 Å². The Hall–Kier alpha value is -2.43. The summed E-state index contributed by atoms with van der Waals surface area (Å²) in [6.45, 7) is 3.79. The molecule has 2 unspecified atom stereocenters. The molecule has 0 saturated carbocycles. The minimum Gasteiger partial charge on any atom is -0.478 e. The molecular weight excluding hydrogens is 428 g/mol. The molecule has 0 spiro atoms. The van der Waals surface area contributed by atoms with Gasteiger partial charge < -0.3 is 5.11 Å². The largest absolute Gasteiger partial charge is 0.478 e. The third-order valence-corrected chi connectivity index (χ3v) is 8.75. The first kappa shape index (κ1) is 22.3. The molecule has 2 N–H and O–H groups in total. The molecule has 0 radical (unpaired) electrons. The lowest BCUT2D eigenvalue weighted by molar-refractivity contribution is 0.0696. The van der Waals surface area contributed by atoms with Crippen LogP contribution in [0.2, 0.25) is 0 Å². The van der Waals surface area contributed by atoms with Gasteiger partial charge in [-0.1, -0.05) is 6.42 Å². The fourth-order valence-corrected chi connectivity index (χ4v) is 6.62. The maximum Gasteiger partial charge on any atom is 0.335 e. The summed E-state index contributed by atoms with van der Waals surface area (Å²) in [7, 11) is -7.63. The summed E-state index contributed by atoms with van der Waals surface area (Å²) in [5, 5.41) is 8.91. The molecule has 2 atom stereocenters. The van der Waals surface area contributed by atoms with Crippen molar-refractivity contribution in [1.29, 1.82) is 0 Å². The Morgan fingerprint density at radius 1 is 0.900 bits per heavy atom. The number of hydrogen-bond donors (Lipinski definition) is 2. The predicted octanol–water partition coefficient (Wildman–Crippen LogP) is 3.14. The van der Waals surface area contributed by atoms with Crippen molar-refractivity contribution in [3.8, 4) is 0 Å². The van der Waals surface area contributed by atoms with Crippen molar-refractivity contribution in [2.24, 2.45) is 0 Å². The number of piperidine rings is 1. The van der Waals surface area contributed by atoms with E-state index in [-0.39, 0.29) is 33.1 Å². The van der Waals surface area contributed by atoms with E-state index in [1.54, 1.807) is 0 Å². The normalized spacial score (nSPS) is 20.6. The minimum atomic E-state index is -3.94. The maximum absolute atomic E-state index is 13.1. The zero-order valence-electron chi connectivity index (χ0n) is 16.6. The number of hydrogen-bond acceptors (Lipinski definition) is 5. The van der Waals surface area contributed by atoms with E-state index in [1.165, 1.54) is 52.8 Å². The predicted molar refractivity (Wildman–Crippen MR) is 112 cm³/mol. The number of benzene rings is 2. The molecule has 1 fully saturated rings. The van der Waals surface area contributed by atoms with Crippen LogP contribution in [0.5, 0.6) is 0 Å². The lowest BCUT2D eigenvalue weighted by Crippen LogP contribution is -2.47. The molecule has 10 heteroatoms. The van der Waals surface area contributed by atoms with E-state index in [2.05, 4.69) is 4.72 Å². The molecule has 1 saturated heterocycles. The van der Waals surface area contributed by atoms with E-state index in [0.29, 0.717) is 0 Å². The average Bonchev–Trinajstić information content (AvgIpc) is 2.68. The number of nitrogens with zero attached hydrogens (tertiary/aromatic N) is 1. The summed E-state index contributed by atoms with van der Waals surface area (Å²) >= 11 is 0. The molecule has 0 aliphatic carbocycles. The van der Waals surface area contributed by atoms with E-state index in [9.17, 15) is 21.6 Å². The van der Waals surface area contributed by atoms with E-state index < -0.39 is 26.0 Å². The lowest BCUT2D eigenvalue weighted by Gasteiger charge is -2.37. The molecule has 2 aromatic rings. The summed E-state index contributed by atoms with van der Waals surface area (Å²) in [5.41, 5.74) is 0.181. The number of rotatable bonds is 6. The number of carboxylic acids is 1. The van der Waals surface area contributed by atoms with Gasteiger partial charge in [-0.3, -0.25) is 4.72 Å². The van der Waals surface area contributed by atoms with Gasteiger partial charge in [-0.15, -0.1) is 0 Å². The second-order valence-electron chi connectivity index (χ2n) is 7.42. The Bertz CT molecular complexity index is 1120. The molecule has 0 aromatic heterocycles. The van der Waals surface area contributed by atoms with Gasteiger partial charge in [0.15, 0.2) is 0 Å². The maximum atomic E-state index is 13.1. The quantitative estimate of drug-likeness (QED) is 0.695. The Kier molecular flexibility index (Phi) is 6.21. The first-order chi connectivity index (χ1) is 14.0. The molecule has 162 valence electrons. The SMILES string of the molecule is CC1CCCC(C)N1S(=O)(=O)c1ccc(NS(=O)(=O)c2ccc(C(=O)O)cc2)cc1. The van der Waals surface area contributed by atoms with Gasteiger partial charge in [-0.05, 0) is 75.2 Å². The van der Waals surface area contributed by atoms with Crippen LogP contribution in [0, 0.1) is 0 Å². The topological polar surface area (TPSA) is 121 Å². The summed E-state index contributed by atoms with van der Waals surface area (Å²) < 4.78 is 55.0. The number of sulfonamides is 2. The van der Waals surface area contributed by atoms with E-state index in [4.69, 9.17) is 5.11 Å². The van der Waals surface area contributed by atoms with Gasteiger partial charge in [0.1, 0.15) is 0 Å². The second-order valence-corrected chi connectivity index (χ2v) is 10.9. The lowest BCUT2D eigenvalue weighted by atomic mass is 10.0. The molecule has 2 aromatic carbocycles. The third-order valence-electron chi connectivity index (χ3n) is 5.21. The zero-order chi connectivity index (χ0) is 22.1. The highest BCUT2D eigenvalue weighted by molar-refractivity contribution is 7.92. The number of aromatic carboxylic acids is 1. The van der Waals surface area contributed by atoms with Crippen LogP contribution >= 0.6 is 0 Å². The van der Waals surface area contributed by atoms with Crippen LogP contribution in [-0.2, 0) is 20.0 Å². The molecule has 1 heterocycles. The van der Waals surface area contributed by atoms with Crippen LogP contribution in [0.25, 0.3) is 0 Å². The summed E-state index contributed by atoms with van der Waals surface area (Å²) in [6, 6.07) is 10.2. The molecular formula is C20H24N2O6S2. The van der Waals surface area contributed by atoms with Crippen LogP contribution in [0.4, 0.5) is 5.69 Å². The smallest absolute Gasteiger partial charge is 0.335 e. The summed E-state index contributed by atoms with van der Waals surface area (Å²) in [6.07, 6.45) is 2.60. The van der Waals surface area contributed by atoms with Crippen molar-refractivity contribution < 1.29 is 26.7 Å². The molecule has 3 rings (SSSR count). The zero-order valence-corrected chi connectivity index (χ0v) is 18.3. The Morgan fingerprint density at radius 3 is 1.90 bits per heavy atom. The highest BCUT2D eigenvalue weighted by atomic mass is 32.2. The van der Waals surface area contributed by atoms with Gasteiger partial charge in [-0.25, -0.2) is 21.6 Å². The van der Waals surface area contributed by atoms with Crippen LogP contribution in [0.15, 0.2) is 58.3 Å². The summed E-state index contributed by atoms with van der Waals surface area (Å²) in [5.74, 6) is -1.15. The minimum absolute atomic E-state index is 0.0234. The Balaban J connectivity index is 1.80. The van der Waals surface area contributed by atoms with Crippen LogP contribution < -0.4 is 4.72 Å². The number of nitrogens with one attached hydrogen (secondary N) is 1. The average molecular weight is 453 g/mol. The summed E-state index contributed by atoms with van der Waals surface area (Å²) in [4.78, 5) is 10.9. The second kappa shape index (κ2) is 8.37. The third kappa shape index (κ3) is 4.50. The van der Waals surface area contributed by atoms with Crippen molar-refractivity contribution in [3.63, 3.8) is 0 Å². The first-order valence-electron chi connectivity index (χ1n) is 9.52. The number of carbonyl (C=O) groups is 1. The molecule has 1 aliphatic rings. The van der Waals surface area contributed by atoms with Crippen molar-refractivity contribution in [3.05, 3.63) is 54.1 Å². The Morgan fingerprint density at radius 2 is 1.40 bits per heavy atom. The van der Waals surface area contributed by atoms with Crippen molar-refractivity contribution >= 4 is 31.7 Å². The highest BCUT2D eigenvalue weighted by Crippen LogP contribution is 2.30. The molecule has 0 amide bonds. The van der Waals surface area contributed by atoms with Gasteiger partial charge in [0.25, 0.3) is 10.0 Å². The van der Waals surface area contributed by atoms with Gasteiger partial charge in [0.2, 0.25) is 10.0 Å². The van der Waals surface area contributed by atoms with E-state index in [1.807, 2.05) is 13.8 Å². The monoisotopic (exact) mass is 452 g/mol. The Labute approximate surface area is 176 Å². The fourth-order valence-electron chi connectivity index (χ4n) is 3.68. The van der Waals surface area contributed by atoms with Crippen LogP contribution in [0.1, 0.15) is 43.5 Å².